The Morgan fingerprint density at radius 1 is 1.35 bits per heavy atom. The molecule has 1 aliphatic heterocycles. The van der Waals surface area contributed by atoms with Gasteiger partial charge < -0.3 is 5.11 Å². The van der Waals surface area contributed by atoms with Gasteiger partial charge in [0.05, 0.1) is 6.54 Å². The van der Waals surface area contributed by atoms with Crippen molar-refractivity contribution in [1.29, 1.82) is 0 Å². The lowest BCUT2D eigenvalue weighted by molar-refractivity contribution is -0.138. The molecule has 2 aliphatic rings. The van der Waals surface area contributed by atoms with Gasteiger partial charge in [-0.1, -0.05) is 6.07 Å². The standard InChI is InChI=1S/C17H23FN2O2.ClH/c1-19(11-17(21)22)14-6-8-20(9-7-14)16-5-3-12-2-4-13(18)10-15(12)16;/h2,4,10,14,16H,3,5-9,11H2,1H3,(H,21,22);1H. The van der Waals surface area contributed by atoms with E-state index in [0.717, 1.165) is 44.3 Å². The van der Waals surface area contributed by atoms with Crippen molar-refractivity contribution < 1.29 is 14.3 Å². The molecule has 1 aromatic carbocycles. The lowest BCUT2D eigenvalue weighted by Gasteiger charge is -2.39. The van der Waals surface area contributed by atoms with Crippen LogP contribution in [0.15, 0.2) is 18.2 Å². The van der Waals surface area contributed by atoms with E-state index < -0.39 is 5.97 Å². The van der Waals surface area contributed by atoms with Gasteiger partial charge in [0.25, 0.3) is 0 Å². The molecule has 128 valence electrons. The largest absolute Gasteiger partial charge is 0.480 e. The molecule has 1 unspecified atom stereocenters. The maximum atomic E-state index is 13.5. The van der Waals surface area contributed by atoms with E-state index in [0.29, 0.717) is 12.1 Å². The molecule has 6 heteroatoms. The van der Waals surface area contributed by atoms with Gasteiger partial charge in [0.2, 0.25) is 0 Å². The Hall–Kier alpha value is -1.17. The Kier molecular flexibility index (Phi) is 6.00. The van der Waals surface area contributed by atoms with Gasteiger partial charge in [-0.3, -0.25) is 14.6 Å². The molecule has 1 heterocycles. The predicted molar refractivity (Wildman–Crippen MR) is 89.6 cm³/mol. The number of halogens is 2. The molecule has 23 heavy (non-hydrogen) atoms. The van der Waals surface area contributed by atoms with E-state index in [4.69, 9.17) is 5.11 Å². The summed E-state index contributed by atoms with van der Waals surface area (Å²) in [6.45, 7) is 2.01. The predicted octanol–water partition coefficient (Wildman–Crippen LogP) is 2.72. The van der Waals surface area contributed by atoms with Gasteiger partial charge in [0.15, 0.2) is 0 Å². The van der Waals surface area contributed by atoms with Crippen LogP contribution in [-0.2, 0) is 11.2 Å². The number of carboxylic acids is 1. The third kappa shape index (κ3) is 4.03. The summed E-state index contributed by atoms with van der Waals surface area (Å²) >= 11 is 0. The fraction of sp³-hybridized carbons (Fsp3) is 0.588. The molecule has 4 nitrogen and oxygen atoms in total. The van der Waals surface area contributed by atoms with Crippen molar-refractivity contribution in [2.75, 3.05) is 26.7 Å². The minimum atomic E-state index is -0.773. The number of hydrogen-bond acceptors (Lipinski definition) is 3. The second-order valence-electron chi connectivity index (χ2n) is 6.47. The Labute approximate surface area is 142 Å². The molecule has 0 radical (unpaired) electrons. The molecule has 0 bridgehead atoms. The molecule has 1 aromatic rings. The Balaban J connectivity index is 0.00000192. The van der Waals surface area contributed by atoms with E-state index in [2.05, 4.69) is 4.90 Å². The third-order valence-electron chi connectivity index (χ3n) is 5.10. The number of likely N-dealkylation sites (tertiary alicyclic amines) is 1. The summed E-state index contributed by atoms with van der Waals surface area (Å²) in [6.07, 6.45) is 4.05. The lowest BCUT2D eigenvalue weighted by Crippen LogP contribution is -2.45. The smallest absolute Gasteiger partial charge is 0.317 e. The Morgan fingerprint density at radius 2 is 2.04 bits per heavy atom. The fourth-order valence-electron chi connectivity index (χ4n) is 3.91. The van der Waals surface area contributed by atoms with Crippen LogP contribution in [0.2, 0.25) is 0 Å². The van der Waals surface area contributed by atoms with E-state index >= 15 is 0 Å². The maximum absolute atomic E-state index is 13.5. The van der Waals surface area contributed by atoms with Crippen LogP contribution in [0.25, 0.3) is 0 Å². The number of carbonyl (C=O) groups is 1. The molecule has 3 rings (SSSR count). The number of fused-ring (bicyclic) bond motifs is 1. The van der Waals surface area contributed by atoms with Gasteiger partial charge in [-0.15, -0.1) is 12.4 Å². The van der Waals surface area contributed by atoms with E-state index in [9.17, 15) is 9.18 Å². The summed E-state index contributed by atoms with van der Waals surface area (Å²) in [7, 11) is 1.88. The molecule has 1 N–H and O–H groups in total. The highest BCUT2D eigenvalue weighted by Crippen LogP contribution is 2.37. The average Bonchev–Trinajstić information content (AvgIpc) is 2.89. The van der Waals surface area contributed by atoms with E-state index in [1.54, 1.807) is 12.1 Å². The van der Waals surface area contributed by atoms with Gasteiger partial charge in [0, 0.05) is 25.2 Å². The van der Waals surface area contributed by atoms with Crippen molar-refractivity contribution in [3.05, 3.63) is 35.1 Å². The van der Waals surface area contributed by atoms with Crippen LogP contribution in [0.5, 0.6) is 0 Å². The topological polar surface area (TPSA) is 43.8 Å². The lowest BCUT2D eigenvalue weighted by atomic mass is 9.99. The zero-order valence-corrected chi connectivity index (χ0v) is 14.2. The molecule has 0 amide bonds. The minimum absolute atomic E-state index is 0. The van der Waals surface area contributed by atoms with Crippen molar-refractivity contribution in [3.63, 3.8) is 0 Å². The molecule has 0 saturated carbocycles. The number of benzene rings is 1. The molecule has 0 aromatic heterocycles. The number of piperidine rings is 1. The zero-order chi connectivity index (χ0) is 15.7. The maximum Gasteiger partial charge on any atom is 0.317 e. The first-order valence-corrected chi connectivity index (χ1v) is 7.99. The van der Waals surface area contributed by atoms with Crippen LogP contribution >= 0.6 is 12.4 Å². The van der Waals surface area contributed by atoms with Crippen LogP contribution in [0.3, 0.4) is 0 Å². The van der Waals surface area contributed by atoms with Gasteiger partial charge in [0.1, 0.15) is 5.82 Å². The molecule has 1 atom stereocenters. The summed E-state index contributed by atoms with van der Waals surface area (Å²) in [5, 5.41) is 8.89. The number of rotatable bonds is 4. The normalized spacial score (nSPS) is 22.0. The van der Waals surface area contributed by atoms with Crippen LogP contribution < -0.4 is 0 Å². The second-order valence-corrected chi connectivity index (χ2v) is 6.47. The molecule has 1 aliphatic carbocycles. The summed E-state index contributed by atoms with van der Waals surface area (Å²) in [5.74, 6) is -0.924. The number of likely N-dealkylation sites (N-methyl/N-ethyl adjacent to an activating group) is 1. The highest BCUT2D eigenvalue weighted by Gasteiger charge is 2.32. The monoisotopic (exact) mass is 342 g/mol. The number of aliphatic carboxylic acids is 1. The number of aryl methyl sites for hydroxylation is 1. The zero-order valence-electron chi connectivity index (χ0n) is 13.4. The second kappa shape index (κ2) is 7.60. The van der Waals surface area contributed by atoms with E-state index in [-0.39, 0.29) is 24.8 Å². The van der Waals surface area contributed by atoms with E-state index in [1.165, 1.54) is 5.56 Å². The van der Waals surface area contributed by atoms with Gasteiger partial charge in [-0.25, -0.2) is 4.39 Å². The highest BCUT2D eigenvalue weighted by molar-refractivity contribution is 5.85. The van der Waals surface area contributed by atoms with Crippen molar-refractivity contribution in [2.45, 2.75) is 37.8 Å². The molecule has 1 fully saturated rings. The first kappa shape index (κ1) is 18.2. The first-order valence-electron chi connectivity index (χ1n) is 7.99. The van der Waals surface area contributed by atoms with Gasteiger partial charge in [-0.05, 0) is 56.0 Å². The van der Waals surface area contributed by atoms with Crippen molar-refractivity contribution in [2.24, 2.45) is 0 Å². The average molecular weight is 343 g/mol. The highest BCUT2D eigenvalue weighted by atomic mass is 35.5. The van der Waals surface area contributed by atoms with Crippen molar-refractivity contribution in [3.8, 4) is 0 Å². The Morgan fingerprint density at radius 3 is 2.70 bits per heavy atom. The van der Waals surface area contributed by atoms with Crippen LogP contribution in [0.4, 0.5) is 4.39 Å². The summed E-state index contributed by atoms with van der Waals surface area (Å²) in [4.78, 5) is 15.2. The third-order valence-corrected chi connectivity index (χ3v) is 5.10. The first-order chi connectivity index (χ1) is 10.5. The molecular formula is C17H24ClFN2O2. The van der Waals surface area contributed by atoms with Crippen LogP contribution in [0, 0.1) is 5.82 Å². The van der Waals surface area contributed by atoms with Crippen molar-refractivity contribution in [1.82, 2.24) is 9.80 Å². The number of hydrogen-bond donors (Lipinski definition) is 1. The summed E-state index contributed by atoms with van der Waals surface area (Å²) in [6, 6.07) is 5.82. The SMILES string of the molecule is CN(CC(=O)O)C1CCN(C2CCc3ccc(F)cc32)CC1.Cl. The number of nitrogens with zero attached hydrogens (tertiary/aromatic N) is 2. The summed E-state index contributed by atoms with van der Waals surface area (Å²) < 4.78 is 13.5. The minimum Gasteiger partial charge on any atom is -0.480 e. The quantitative estimate of drug-likeness (QED) is 0.913. The molecule has 1 saturated heterocycles. The fourth-order valence-corrected chi connectivity index (χ4v) is 3.91. The molecule has 0 spiro atoms. The van der Waals surface area contributed by atoms with Crippen LogP contribution in [-0.4, -0.2) is 53.6 Å². The van der Waals surface area contributed by atoms with Crippen LogP contribution in [0.1, 0.15) is 36.4 Å². The molecular weight excluding hydrogens is 319 g/mol. The summed E-state index contributed by atoms with van der Waals surface area (Å²) in [5.41, 5.74) is 2.42. The number of carboxylic acid groups (broad SMARTS) is 1. The van der Waals surface area contributed by atoms with Gasteiger partial charge in [-0.2, -0.15) is 0 Å². The Bertz CT molecular complexity index is 562. The van der Waals surface area contributed by atoms with E-state index in [1.807, 2.05) is 18.0 Å². The van der Waals surface area contributed by atoms with Gasteiger partial charge >= 0.3 is 5.97 Å². The van der Waals surface area contributed by atoms with Crippen molar-refractivity contribution >= 4 is 18.4 Å².